The largest absolute Gasteiger partial charge is 0.420 e. The number of hydrogen-bond acceptors (Lipinski definition) is 3. The Morgan fingerprint density at radius 3 is 2.48 bits per heavy atom. The van der Waals surface area contributed by atoms with E-state index in [2.05, 4.69) is 38.8 Å². The molecule has 0 radical (unpaired) electrons. The fourth-order valence-corrected chi connectivity index (χ4v) is 3.06. The quantitative estimate of drug-likeness (QED) is 0.608. The lowest BCUT2D eigenvalue weighted by molar-refractivity contribution is 0.0701. The number of aromatic nitrogens is 1. The van der Waals surface area contributed by atoms with Gasteiger partial charge in [-0.05, 0) is 36.9 Å². The Morgan fingerprint density at radius 2 is 1.95 bits per heavy atom. The Labute approximate surface area is 139 Å². The van der Waals surface area contributed by atoms with E-state index in [0.717, 1.165) is 0 Å². The van der Waals surface area contributed by atoms with Crippen LogP contribution in [-0.4, -0.2) is 25.7 Å². The average Bonchev–Trinajstić information content (AvgIpc) is 2.35. The molecule has 1 rings (SSSR count). The third-order valence-electron chi connectivity index (χ3n) is 3.56. The van der Waals surface area contributed by atoms with E-state index in [4.69, 9.17) is 27.6 Å². The normalized spacial score (nSPS) is 15.3. The van der Waals surface area contributed by atoms with Crippen molar-refractivity contribution in [2.45, 2.75) is 46.4 Å². The molecular weight excluding hydrogens is 325 g/mol. The van der Waals surface area contributed by atoms with Crippen molar-refractivity contribution >= 4 is 32.2 Å². The summed E-state index contributed by atoms with van der Waals surface area (Å²) in [5.74, 6) is 0.234. The first-order chi connectivity index (χ1) is 9.61. The van der Waals surface area contributed by atoms with Gasteiger partial charge in [-0.25, -0.2) is 4.98 Å². The number of aliphatic hydroxyl groups excluding tert-OH is 1. The Kier molecular flexibility index (Phi) is 7.14. The minimum atomic E-state index is -1.08. The maximum Gasteiger partial charge on any atom is 0.170 e. The van der Waals surface area contributed by atoms with E-state index in [1.807, 2.05) is 0 Å². The van der Waals surface area contributed by atoms with Gasteiger partial charge in [0, 0.05) is 18.4 Å². The van der Waals surface area contributed by atoms with E-state index in [0.29, 0.717) is 28.8 Å². The monoisotopic (exact) mass is 349 g/mol. The number of rotatable bonds is 6. The van der Waals surface area contributed by atoms with Crippen molar-refractivity contribution in [1.82, 2.24) is 4.98 Å². The summed E-state index contributed by atoms with van der Waals surface area (Å²) in [7, 11) is -1.08. The van der Waals surface area contributed by atoms with Crippen LogP contribution in [0.2, 0.25) is 23.3 Å². The summed E-state index contributed by atoms with van der Waals surface area (Å²) in [4.78, 5) is 3.99. The molecule has 1 aromatic rings. The molecule has 0 aromatic carbocycles. The van der Waals surface area contributed by atoms with Gasteiger partial charge in [-0.1, -0.05) is 44.0 Å². The summed E-state index contributed by atoms with van der Waals surface area (Å²) in [6, 6.07) is 1.68. The zero-order valence-corrected chi connectivity index (χ0v) is 16.0. The summed E-state index contributed by atoms with van der Waals surface area (Å²) >= 11 is 12.0. The Hall–Kier alpha value is -0.133. The maximum atomic E-state index is 10.5. The smallest absolute Gasteiger partial charge is 0.170 e. The van der Waals surface area contributed by atoms with Gasteiger partial charge >= 0.3 is 0 Å². The minimum Gasteiger partial charge on any atom is -0.420 e. The fourth-order valence-electron chi connectivity index (χ4n) is 2.05. The standard InChI is InChI=1S/C15H25Cl2NO2Si/c1-15(2,3)10(9-20-21(4)5)6-13(19)12-7-11(16)8-18-14(12)17/h7-8,10,13,19,21H,6,9H2,1-5H3/t10-,13?/m0/s1. The van der Waals surface area contributed by atoms with Crippen molar-refractivity contribution in [3.63, 3.8) is 0 Å². The first-order valence-corrected chi connectivity index (χ1v) is 10.8. The predicted octanol–water partition coefficient (Wildman–Crippen LogP) is 4.47. The number of aliphatic hydroxyl groups is 1. The molecule has 6 heteroatoms. The van der Waals surface area contributed by atoms with E-state index in [9.17, 15) is 5.11 Å². The molecule has 1 heterocycles. The van der Waals surface area contributed by atoms with Gasteiger partial charge in [-0.3, -0.25) is 0 Å². The van der Waals surface area contributed by atoms with Crippen LogP contribution in [0.15, 0.2) is 12.3 Å². The topological polar surface area (TPSA) is 42.4 Å². The highest BCUT2D eigenvalue weighted by molar-refractivity contribution is 6.48. The summed E-state index contributed by atoms with van der Waals surface area (Å²) < 4.78 is 5.87. The van der Waals surface area contributed by atoms with Gasteiger partial charge in [0.1, 0.15) is 5.15 Å². The molecule has 1 unspecified atom stereocenters. The van der Waals surface area contributed by atoms with Crippen LogP contribution >= 0.6 is 23.2 Å². The Balaban J connectivity index is 2.84. The maximum absolute atomic E-state index is 10.5. The van der Waals surface area contributed by atoms with Gasteiger partial charge in [0.25, 0.3) is 0 Å². The molecule has 1 N–H and O–H groups in total. The lowest BCUT2D eigenvalue weighted by Gasteiger charge is -2.33. The zero-order valence-electron chi connectivity index (χ0n) is 13.4. The van der Waals surface area contributed by atoms with Crippen LogP contribution in [-0.2, 0) is 4.43 Å². The molecule has 0 bridgehead atoms. The van der Waals surface area contributed by atoms with Crippen LogP contribution in [0.3, 0.4) is 0 Å². The summed E-state index contributed by atoms with van der Waals surface area (Å²) in [5, 5.41) is 11.3. The van der Waals surface area contributed by atoms with Gasteiger partial charge in [-0.15, -0.1) is 0 Å². The molecule has 0 amide bonds. The van der Waals surface area contributed by atoms with Crippen LogP contribution in [0.1, 0.15) is 38.9 Å². The van der Waals surface area contributed by atoms with Gasteiger partial charge in [0.05, 0.1) is 11.1 Å². The van der Waals surface area contributed by atoms with Crippen LogP contribution in [0.4, 0.5) is 0 Å². The molecule has 0 saturated heterocycles. The van der Waals surface area contributed by atoms with Gasteiger partial charge in [0.15, 0.2) is 9.04 Å². The second kappa shape index (κ2) is 7.93. The molecule has 3 nitrogen and oxygen atoms in total. The molecule has 0 fully saturated rings. The summed E-state index contributed by atoms with van der Waals surface area (Å²) in [5.41, 5.74) is 0.628. The van der Waals surface area contributed by atoms with Crippen molar-refractivity contribution < 1.29 is 9.53 Å². The SMILES string of the molecule is C[SiH](C)OC[C@H](CC(O)c1cc(Cl)cnc1Cl)C(C)(C)C. The van der Waals surface area contributed by atoms with Crippen LogP contribution in [0.5, 0.6) is 0 Å². The van der Waals surface area contributed by atoms with E-state index in [1.54, 1.807) is 6.07 Å². The highest BCUT2D eigenvalue weighted by Gasteiger charge is 2.29. The third-order valence-corrected chi connectivity index (χ3v) is 4.94. The van der Waals surface area contributed by atoms with E-state index in [1.165, 1.54) is 6.20 Å². The molecule has 0 spiro atoms. The average molecular weight is 350 g/mol. The van der Waals surface area contributed by atoms with E-state index >= 15 is 0 Å². The van der Waals surface area contributed by atoms with Crippen LogP contribution < -0.4 is 0 Å². The molecule has 0 aliphatic carbocycles. The highest BCUT2D eigenvalue weighted by Crippen LogP contribution is 2.36. The highest BCUT2D eigenvalue weighted by atomic mass is 35.5. The number of halogens is 2. The van der Waals surface area contributed by atoms with E-state index < -0.39 is 15.1 Å². The molecule has 0 saturated carbocycles. The van der Waals surface area contributed by atoms with Crippen molar-refractivity contribution in [1.29, 1.82) is 0 Å². The summed E-state index contributed by atoms with van der Waals surface area (Å²) in [6.45, 7) is 11.4. The second-order valence-electron chi connectivity index (χ2n) is 6.73. The van der Waals surface area contributed by atoms with Crippen molar-refractivity contribution in [3.8, 4) is 0 Å². The first-order valence-electron chi connectivity index (χ1n) is 7.22. The first kappa shape index (κ1) is 18.9. The zero-order chi connectivity index (χ0) is 16.2. The molecular formula is C15H25Cl2NO2Si. The number of nitrogens with zero attached hydrogens (tertiary/aromatic N) is 1. The van der Waals surface area contributed by atoms with Crippen molar-refractivity contribution in [2.75, 3.05) is 6.61 Å². The lowest BCUT2D eigenvalue weighted by atomic mass is 9.77. The molecule has 1 aromatic heterocycles. The molecule has 21 heavy (non-hydrogen) atoms. The molecule has 2 atom stereocenters. The summed E-state index contributed by atoms with van der Waals surface area (Å²) in [6.07, 6.45) is 1.37. The Bertz CT molecular complexity index is 463. The number of pyridine rings is 1. The predicted molar refractivity (Wildman–Crippen MR) is 91.6 cm³/mol. The van der Waals surface area contributed by atoms with Gasteiger partial charge in [-0.2, -0.15) is 0 Å². The second-order valence-corrected chi connectivity index (χ2v) is 9.96. The third kappa shape index (κ3) is 6.25. The number of hydrogen-bond donors (Lipinski definition) is 1. The molecule has 120 valence electrons. The van der Waals surface area contributed by atoms with Crippen LogP contribution in [0, 0.1) is 11.3 Å². The Morgan fingerprint density at radius 1 is 1.33 bits per heavy atom. The molecule has 0 aliphatic rings. The lowest BCUT2D eigenvalue weighted by Crippen LogP contribution is -2.29. The van der Waals surface area contributed by atoms with Gasteiger partial charge in [0.2, 0.25) is 0 Å². The molecule has 0 aliphatic heterocycles. The van der Waals surface area contributed by atoms with Crippen LogP contribution in [0.25, 0.3) is 0 Å². The van der Waals surface area contributed by atoms with Crippen molar-refractivity contribution in [2.24, 2.45) is 11.3 Å². The van der Waals surface area contributed by atoms with Crippen molar-refractivity contribution in [3.05, 3.63) is 28.0 Å². The van der Waals surface area contributed by atoms with Gasteiger partial charge < -0.3 is 9.53 Å². The van der Waals surface area contributed by atoms with E-state index in [-0.39, 0.29) is 11.3 Å². The minimum absolute atomic E-state index is 0.0444. The fraction of sp³-hybridized carbons (Fsp3) is 0.667.